The maximum Gasteiger partial charge on any atom is 0.255 e. The summed E-state index contributed by atoms with van der Waals surface area (Å²) in [6.45, 7) is 0.477. The lowest BCUT2D eigenvalue weighted by molar-refractivity contribution is 0.0779. The Morgan fingerprint density at radius 1 is 1.42 bits per heavy atom. The van der Waals surface area contributed by atoms with Gasteiger partial charge in [-0.15, -0.1) is 0 Å². The first-order valence-corrected chi connectivity index (χ1v) is 7.24. The summed E-state index contributed by atoms with van der Waals surface area (Å²) >= 11 is 6.78. The summed E-state index contributed by atoms with van der Waals surface area (Å²) in [5, 5.41) is 0. The number of aromatic nitrogens is 2. The number of aryl methyl sites for hydroxylation is 1. The van der Waals surface area contributed by atoms with E-state index in [1.54, 1.807) is 24.2 Å². The molecule has 6 heteroatoms. The average molecular weight is 387 g/mol. The largest absolute Gasteiger partial charge is 0.337 e. The van der Waals surface area contributed by atoms with Crippen LogP contribution in [0.5, 0.6) is 0 Å². The highest BCUT2D eigenvalue weighted by Gasteiger charge is 2.16. The predicted molar refractivity (Wildman–Crippen MR) is 80.8 cm³/mol. The van der Waals surface area contributed by atoms with Gasteiger partial charge in [0.25, 0.3) is 5.91 Å². The third-order valence-corrected chi connectivity index (χ3v) is 3.96. The van der Waals surface area contributed by atoms with Gasteiger partial charge >= 0.3 is 0 Å². The quantitative estimate of drug-likeness (QED) is 0.812. The molecule has 1 aromatic heterocycles. The molecule has 0 unspecified atom stereocenters. The second-order valence-electron chi connectivity index (χ2n) is 4.24. The van der Waals surface area contributed by atoms with Crippen LogP contribution in [0.1, 0.15) is 16.2 Å². The predicted octanol–water partition coefficient (Wildman–Crippen LogP) is 3.22. The van der Waals surface area contributed by atoms with Crippen LogP contribution in [0.2, 0.25) is 0 Å². The molecule has 0 saturated heterocycles. The third kappa shape index (κ3) is 3.25. The second kappa shape index (κ2) is 5.88. The zero-order chi connectivity index (χ0) is 14.0. The number of carbonyl (C=O) groups is 1. The Morgan fingerprint density at radius 3 is 2.74 bits per heavy atom. The molecule has 0 radical (unpaired) electrons. The minimum Gasteiger partial charge on any atom is -0.337 e. The van der Waals surface area contributed by atoms with E-state index >= 15 is 0 Å². The summed E-state index contributed by atoms with van der Waals surface area (Å²) < 4.78 is 3.61. The maximum atomic E-state index is 12.4. The van der Waals surface area contributed by atoms with Gasteiger partial charge in [-0.3, -0.25) is 4.79 Å². The van der Waals surface area contributed by atoms with E-state index < -0.39 is 0 Å². The van der Waals surface area contributed by atoms with E-state index in [1.165, 1.54) is 0 Å². The highest BCUT2D eigenvalue weighted by atomic mass is 79.9. The molecule has 0 bridgehead atoms. The molecule has 1 heterocycles. The van der Waals surface area contributed by atoms with Crippen molar-refractivity contribution in [2.75, 3.05) is 7.05 Å². The average Bonchev–Trinajstić information content (AvgIpc) is 2.74. The van der Waals surface area contributed by atoms with Crippen molar-refractivity contribution in [3.8, 4) is 0 Å². The maximum absolute atomic E-state index is 12.4. The van der Waals surface area contributed by atoms with Gasteiger partial charge < -0.3 is 9.47 Å². The summed E-state index contributed by atoms with van der Waals surface area (Å²) in [6.07, 6.45) is 3.59. The van der Waals surface area contributed by atoms with Gasteiger partial charge in [0, 0.05) is 35.4 Å². The number of amides is 1. The number of carbonyl (C=O) groups excluding carboxylic acids is 1. The summed E-state index contributed by atoms with van der Waals surface area (Å²) in [5.41, 5.74) is 0.639. The second-order valence-corrected chi connectivity index (χ2v) is 6.01. The summed E-state index contributed by atoms with van der Waals surface area (Å²) in [5.74, 6) is 0.812. The van der Waals surface area contributed by atoms with Crippen molar-refractivity contribution < 1.29 is 4.79 Å². The van der Waals surface area contributed by atoms with E-state index in [9.17, 15) is 4.79 Å². The number of imidazole rings is 1. The molecule has 0 N–H and O–H groups in total. The van der Waals surface area contributed by atoms with E-state index in [0.717, 1.165) is 14.8 Å². The molecular formula is C13H13Br2N3O. The molecule has 0 atom stereocenters. The van der Waals surface area contributed by atoms with Crippen molar-refractivity contribution in [3.63, 3.8) is 0 Å². The van der Waals surface area contributed by atoms with Crippen molar-refractivity contribution in [2.24, 2.45) is 7.05 Å². The molecule has 2 aromatic rings. The van der Waals surface area contributed by atoms with Gasteiger partial charge in [0.05, 0.1) is 12.1 Å². The van der Waals surface area contributed by atoms with Crippen molar-refractivity contribution in [1.29, 1.82) is 0 Å². The van der Waals surface area contributed by atoms with Gasteiger partial charge in [0.1, 0.15) is 5.82 Å². The monoisotopic (exact) mass is 385 g/mol. The molecule has 19 heavy (non-hydrogen) atoms. The Balaban J connectivity index is 2.17. The van der Waals surface area contributed by atoms with E-state index in [1.807, 2.05) is 29.9 Å². The van der Waals surface area contributed by atoms with Crippen LogP contribution in [0.15, 0.2) is 39.5 Å². The smallest absolute Gasteiger partial charge is 0.255 e. The number of nitrogens with zero attached hydrogens (tertiary/aromatic N) is 3. The molecule has 0 spiro atoms. The van der Waals surface area contributed by atoms with Crippen LogP contribution in [0.4, 0.5) is 0 Å². The van der Waals surface area contributed by atoms with Crippen molar-refractivity contribution in [2.45, 2.75) is 6.54 Å². The fourth-order valence-electron chi connectivity index (χ4n) is 1.70. The lowest BCUT2D eigenvalue weighted by Gasteiger charge is -2.17. The number of rotatable bonds is 3. The lowest BCUT2D eigenvalue weighted by atomic mass is 10.2. The van der Waals surface area contributed by atoms with E-state index in [2.05, 4.69) is 36.8 Å². The molecule has 100 valence electrons. The number of hydrogen-bond acceptors (Lipinski definition) is 2. The third-order valence-electron chi connectivity index (χ3n) is 2.81. The summed E-state index contributed by atoms with van der Waals surface area (Å²) in [4.78, 5) is 18.2. The molecular weight excluding hydrogens is 374 g/mol. The Morgan fingerprint density at radius 2 is 2.16 bits per heavy atom. The van der Waals surface area contributed by atoms with Crippen molar-refractivity contribution in [3.05, 3.63) is 50.9 Å². The van der Waals surface area contributed by atoms with E-state index in [-0.39, 0.29) is 5.91 Å². The number of halogens is 2. The molecule has 4 nitrogen and oxygen atoms in total. The van der Waals surface area contributed by atoms with Crippen LogP contribution in [0.25, 0.3) is 0 Å². The van der Waals surface area contributed by atoms with Crippen molar-refractivity contribution >= 4 is 37.8 Å². The van der Waals surface area contributed by atoms with Crippen LogP contribution in [-0.2, 0) is 13.6 Å². The van der Waals surface area contributed by atoms with Crippen LogP contribution >= 0.6 is 31.9 Å². The SMILES string of the molecule is CN(Cc1nccn1C)C(=O)c1ccc(Br)cc1Br. The van der Waals surface area contributed by atoms with Crippen LogP contribution < -0.4 is 0 Å². The summed E-state index contributed by atoms with van der Waals surface area (Å²) in [7, 11) is 3.68. The first-order valence-electron chi connectivity index (χ1n) is 5.65. The normalized spacial score (nSPS) is 10.5. The van der Waals surface area contributed by atoms with Gasteiger partial charge in [0.15, 0.2) is 0 Å². The lowest BCUT2D eigenvalue weighted by Crippen LogP contribution is -2.27. The highest BCUT2D eigenvalue weighted by Crippen LogP contribution is 2.23. The van der Waals surface area contributed by atoms with Crippen molar-refractivity contribution in [1.82, 2.24) is 14.5 Å². The number of hydrogen-bond donors (Lipinski definition) is 0. The topological polar surface area (TPSA) is 38.1 Å². The zero-order valence-electron chi connectivity index (χ0n) is 10.6. The van der Waals surface area contributed by atoms with E-state index in [0.29, 0.717) is 12.1 Å². The molecule has 0 aliphatic carbocycles. The van der Waals surface area contributed by atoms with Gasteiger partial charge in [-0.1, -0.05) is 15.9 Å². The minimum absolute atomic E-state index is 0.0395. The standard InChI is InChI=1S/C13H13Br2N3O/c1-17-6-5-16-12(17)8-18(2)13(19)10-4-3-9(14)7-11(10)15/h3-7H,8H2,1-2H3. The van der Waals surface area contributed by atoms with E-state index in [4.69, 9.17) is 0 Å². The summed E-state index contributed by atoms with van der Waals surface area (Å²) in [6, 6.07) is 5.51. The molecule has 0 aliphatic rings. The van der Waals surface area contributed by atoms with Gasteiger partial charge in [-0.05, 0) is 34.1 Å². The Hall–Kier alpha value is -1.14. The van der Waals surface area contributed by atoms with Crippen LogP contribution in [-0.4, -0.2) is 27.4 Å². The van der Waals surface area contributed by atoms with Gasteiger partial charge in [0.2, 0.25) is 0 Å². The fourth-order valence-corrected chi connectivity index (χ4v) is 2.92. The zero-order valence-corrected chi connectivity index (χ0v) is 13.8. The number of benzene rings is 1. The molecule has 0 saturated carbocycles. The minimum atomic E-state index is -0.0395. The Labute approximate surface area is 128 Å². The fraction of sp³-hybridized carbons (Fsp3) is 0.231. The van der Waals surface area contributed by atoms with Crippen LogP contribution in [0.3, 0.4) is 0 Å². The van der Waals surface area contributed by atoms with Crippen LogP contribution in [0, 0.1) is 0 Å². The molecule has 2 rings (SSSR count). The first kappa shape index (κ1) is 14.3. The van der Waals surface area contributed by atoms with Gasteiger partial charge in [-0.2, -0.15) is 0 Å². The first-order chi connectivity index (χ1) is 8.99. The molecule has 0 fully saturated rings. The molecule has 1 amide bonds. The highest BCUT2D eigenvalue weighted by molar-refractivity contribution is 9.11. The molecule has 1 aromatic carbocycles. The molecule has 0 aliphatic heterocycles. The van der Waals surface area contributed by atoms with Gasteiger partial charge in [-0.25, -0.2) is 4.98 Å². The Bertz CT molecular complexity index is 610. The Kier molecular flexibility index (Phi) is 4.42.